The van der Waals surface area contributed by atoms with Gasteiger partial charge in [0.2, 0.25) is 5.91 Å². The molecule has 1 rings (SSSR count). The fraction of sp³-hybridized carbons (Fsp3) is 0.917. The highest BCUT2D eigenvalue weighted by Crippen LogP contribution is 2.32. The van der Waals surface area contributed by atoms with Crippen LogP contribution in [0, 0.1) is 0 Å². The predicted octanol–water partition coefficient (Wildman–Crippen LogP) is 1.73. The zero-order valence-electron chi connectivity index (χ0n) is 10.7. The molecule has 2 atom stereocenters. The fourth-order valence-electron chi connectivity index (χ4n) is 2.29. The van der Waals surface area contributed by atoms with Crippen LogP contribution in [-0.2, 0) is 4.79 Å². The van der Waals surface area contributed by atoms with E-state index in [4.69, 9.17) is 0 Å². The predicted molar refractivity (Wildman–Crippen MR) is 70.9 cm³/mol. The summed E-state index contributed by atoms with van der Waals surface area (Å²) < 4.78 is 0. The van der Waals surface area contributed by atoms with Crippen molar-refractivity contribution in [2.45, 2.75) is 43.9 Å². The van der Waals surface area contributed by atoms with Crippen LogP contribution in [0.1, 0.15) is 32.6 Å². The first kappa shape index (κ1) is 13.8. The number of carbonyl (C=O) groups excluding carboxylic acids is 1. The standard InChI is InChI=1S/C12H24N2OS/c1-4-16-11-6-5-10(9-11)14(3)8-7-12(15)13-2/h10-11H,4-9H2,1-3H3,(H,13,15)/t10-,11+/m0/s1. The Hall–Kier alpha value is -0.220. The molecule has 0 heterocycles. The molecule has 0 saturated heterocycles. The summed E-state index contributed by atoms with van der Waals surface area (Å²) in [5, 5.41) is 3.52. The van der Waals surface area contributed by atoms with E-state index in [1.807, 2.05) is 0 Å². The third kappa shape index (κ3) is 4.34. The number of rotatable bonds is 6. The largest absolute Gasteiger partial charge is 0.359 e. The minimum atomic E-state index is 0.143. The van der Waals surface area contributed by atoms with Gasteiger partial charge in [0, 0.05) is 31.3 Å². The van der Waals surface area contributed by atoms with Crippen molar-refractivity contribution in [1.29, 1.82) is 0 Å². The van der Waals surface area contributed by atoms with Crippen LogP contribution in [0.5, 0.6) is 0 Å². The van der Waals surface area contributed by atoms with Crippen molar-refractivity contribution in [3.05, 3.63) is 0 Å². The molecule has 0 bridgehead atoms. The van der Waals surface area contributed by atoms with E-state index >= 15 is 0 Å². The van der Waals surface area contributed by atoms with Gasteiger partial charge in [0.15, 0.2) is 0 Å². The van der Waals surface area contributed by atoms with Crippen molar-refractivity contribution in [2.75, 3.05) is 26.4 Å². The highest BCUT2D eigenvalue weighted by Gasteiger charge is 2.27. The summed E-state index contributed by atoms with van der Waals surface area (Å²) >= 11 is 2.08. The second-order valence-corrected chi connectivity index (χ2v) is 6.03. The van der Waals surface area contributed by atoms with Gasteiger partial charge in [-0.3, -0.25) is 4.79 Å². The van der Waals surface area contributed by atoms with E-state index < -0.39 is 0 Å². The summed E-state index contributed by atoms with van der Waals surface area (Å²) in [4.78, 5) is 13.5. The zero-order chi connectivity index (χ0) is 12.0. The number of amides is 1. The molecular formula is C12H24N2OS. The van der Waals surface area contributed by atoms with E-state index in [0.29, 0.717) is 12.5 Å². The van der Waals surface area contributed by atoms with Gasteiger partial charge in [-0.25, -0.2) is 0 Å². The van der Waals surface area contributed by atoms with Gasteiger partial charge in [0.05, 0.1) is 0 Å². The third-order valence-electron chi connectivity index (χ3n) is 3.35. The minimum absolute atomic E-state index is 0.143. The van der Waals surface area contributed by atoms with Crippen LogP contribution >= 0.6 is 11.8 Å². The summed E-state index contributed by atoms with van der Waals surface area (Å²) in [5.41, 5.74) is 0. The van der Waals surface area contributed by atoms with Gasteiger partial charge < -0.3 is 10.2 Å². The molecule has 3 nitrogen and oxygen atoms in total. The molecule has 0 aromatic heterocycles. The number of thioether (sulfide) groups is 1. The Kier molecular flexibility index (Phi) is 6.21. The highest BCUT2D eigenvalue weighted by molar-refractivity contribution is 7.99. The Balaban J connectivity index is 2.22. The second kappa shape index (κ2) is 7.17. The summed E-state index contributed by atoms with van der Waals surface area (Å²) in [6.07, 6.45) is 4.55. The maximum atomic E-state index is 11.2. The topological polar surface area (TPSA) is 32.3 Å². The van der Waals surface area contributed by atoms with Crippen molar-refractivity contribution in [1.82, 2.24) is 10.2 Å². The van der Waals surface area contributed by atoms with Crippen LogP contribution in [0.2, 0.25) is 0 Å². The zero-order valence-corrected chi connectivity index (χ0v) is 11.5. The van der Waals surface area contributed by atoms with E-state index in [0.717, 1.165) is 11.8 Å². The average molecular weight is 244 g/mol. The monoisotopic (exact) mass is 244 g/mol. The second-order valence-electron chi connectivity index (χ2n) is 4.45. The summed E-state index contributed by atoms with van der Waals surface area (Å²) in [5.74, 6) is 1.36. The first-order chi connectivity index (χ1) is 7.67. The van der Waals surface area contributed by atoms with Gasteiger partial charge in [-0.15, -0.1) is 0 Å². The van der Waals surface area contributed by atoms with Gasteiger partial charge >= 0.3 is 0 Å². The van der Waals surface area contributed by atoms with Crippen LogP contribution in [0.25, 0.3) is 0 Å². The maximum Gasteiger partial charge on any atom is 0.221 e. The van der Waals surface area contributed by atoms with Crippen LogP contribution in [0.3, 0.4) is 0 Å². The number of nitrogens with zero attached hydrogens (tertiary/aromatic N) is 1. The molecule has 0 aromatic rings. The maximum absolute atomic E-state index is 11.2. The van der Waals surface area contributed by atoms with Gasteiger partial charge in [-0.2, -0.15) is 11.8 Å². The molecule has 1 N–H and O–H groups in total. The Labute approximate surface area is 103 Å². The molecule has 16 heavy (non-hydrogen) atoms. The SMILES string of the molecule is CCS[C@@H]1CC[C@H](N(C)CCC(=O)NC)C1. The molecular weight excluding hydrogens is 220 g/mol. The Morgan fingerprint density at radius 3 is 2.88 bits per heavy atom. The minimum Gasteiger partial charge on any atom is -0.359 e. The van der Waals surface area contributed by atoms with Gasteiger partial charge in [0.1, 0.15) is 0 Å². The van der Waals surface area contributed by atoms with Crippen molar-refractivity contribution in [2.24, 2.45) is 0 Å². The fourth-order valence-corrected chi connectivity index (χ4v) is 3.42. The molecule has 0 unspecified atom stereocenters. The molecule has 0 spiro atoms. The molecule has 1 aliphatic rings. The van der Waals surface area contributed by atoms with Crippen LogP contribution in [0.15, 0.2) is 0 Å². The van der Waals surface area contributed by atoms with E-state index in [9.17, 15) is 4.79 Å². The van der Waals surface area contributed by atoms with Gasteiger partial charge in [0.25, 0.3) is 0 Å². The van der Waals surface area contributed by atoms with Crippen molar-refractivity contribution < 1.29 is 4.79 Å². The van der Waals surface area contributed by atoms with Crippen molar-refractivity contribution >= 4 is 17.7 Å². The lowest BCUT2D eigenvalue weighted by Crippen LogP contribution is -2.33. The highest BCUT2D eigenvalue weighted by atomic mass is 32.2. The third-order valence-corrected chi connectivity index (χ3v) is 4.59. The number of hydrogen-bond acceptors (Lipinski definition) is 3. The molecule has 0 aliphatic heterocycles. The first-order valence-corrected chi connectivity index (χ1v) is 7.24. The molecule has 1 fully saturated rings. The van der Waals surface area contributed by atoms with Crippen molar-refractivity contribution in [3.8, 4) is 0 Å². The van der Waals surface area contributed by atoms with E-state index in [1.54, 1.807) is 7.05 Å². The number of hydrogen-bond donors (Lipinski definition) is 1. The quantitative estimate of drug-likeness (QED) is 0.772. The Morgan fingerprint density at radius 1 is 1.50 bits per heavy atom. The molecule has 1 aliphatic carbocycles. The van der Waals surface area contributed by atoms with Crippen LogP contribution in [-0.4, -0.2) is 48.5 Å². The van der Waals surface area contributed by atoms with Gasteiger partial charge in [-0.05, 0) is 32.1 Å². The number of carbonyl (C=O) groups is 1. The van der Waals surface area contributed by atoms with Gasteiger partial charge in [-0.1, -0.05) is 6.92 Å². The number of nitrogens with one attached hydrogen (secondary N) is 1. The Morgan fingerprint density at radius 2 is 2.25 bits per heavy atom. The van der Waals surface area contributed by atoms with E-state index in [-0.39, 0.29) is 5.91 Å². The molecule has 0 radical (unpaired) electrons. The molecule has 94 valence electrons. The Bertz CT molecular complexity index is 223. The first-order valence-electron chi connectivity index (χ1n) is 6.19. The lowest BCUT2D eigenvalue weighted by molar-refractivity contribution is -0.120. The van der Waals surface area contributed by atoms with Crippen molar-refractivity contribution in [3.63, 3.8) is 0 Å². The molecule has 4 heteroatoms. The summed E-state index contributed by atoms with van der Waals surface area (Å²) in [6, 6.07) is 0.689. The molecule has 1 amide bonds. The van der Waals surface area contributed by atoms with Crippen LogP contribution in [0.4, 0.5) is 0 Å². The molecule has 1 saturated carbocycles. The summed E-state index contributed by atoms with van der Waals surface area (Å²) in [7, 11) is 3.85. The van der Waals surface area contributed by atoms with E-state index in [2.05, 4.69) is 35.9 Å². The van der Waals surface area contributed by atoms with E-state index in [1.165, 1.54) is 25.0 Å². The summed E-state index contributed by atoms with van der Waals surface area (Å²) in [6.45, 7) is 3.11. The normalized spacial score (nSPS) is 25.0. The smallest absolute Gasteiger partial charge is 0.221 e. The van der Waals surface area contributed by atoms with Crippen LogP contribution < -0.4 is 5.32 Å². The lowest BCUT2D eigenvalue weighted by Gasteiger charge is -2.23. The molecule has 0 aromatic carbocycles. The average Bonchev–Trinajstić information content (AvgIpc) is 2.74. The lowest BCUT2D eigenvalue weighted by atomic mass is 10.2.